The minimum absolute atomic E-state index is 0.890. The molecule has 0 saturated carbocycles. The first-order chi connectivity index (χ1) is 7.36. The monoisotopic (exact) mass is 232 g/mol. The van der Waals surface area contributed by atoms with Gasteiger partial charge >= 0.3 is 0 Å². The first-order valence-electron chi connectivity index (χ1n) is 6.00. The van der Waals surface area contributed by atoms with E-state index in [-0.39, 0.29) is 0 Å². The molecule has 0 aromatic rings. The van der Waals surface area contributed by atoms with Gasteiger partial charge in [-0.3, -0.25) is 9.80 Å². The highest BCUT2D eigenvalue weighted by Crippen LogP contribution is 2.01. The molecule has 0 spiro atoms. The van der Waals surface area contributed by atoms with Crippen LogP contribution in [0.3, 0.4) is 0 Å². The summed E-state index contributed by atoms with van der Waals surface area (Å²) in [5, 5.41) is 0. The predicted octanol–water partition coefficient (Wildman–Crippen LogP) is 1.31. The molecule has 0 aromatic carbocycles. The summed E-state index contributed by atoms with van der Waals surface area (Å²) in [7, 11) is 0. The van der Waals surface area contributed by atoms with Crippen molar-refractivity contribution in [3.63, 3.8) is 0 Å². The Labute approximate surface area is 99.2 Å². The van der Waals surface area contributed by atoms with E-state index in [1.807, 2.05) is 0 Å². The highest BCUT2D eigenvalue weighted by atomic mass is 32.1. The molecule has 0 unspecified atom stereocenters. The van der Waals surface area contributed by atoms with E-state index in [0.29, 0.717) is 0 Å². The third-order valence-corrected chi connectivity index (χ3v) is 3.26. The Hall–Kier alpha value is 0.230. The van der Waals surface area contributed by atoms with Gasteiger partial charge in [-0.25, -0.2) is 0 Å². The van der Waals surface area contributed by atoms with Gasteiger partial charge in [-0.1, -0.05) is 13.3 Å². The molecule has 1 saturated heterocycles. The zero-order chi connectivity index (χ0) is 10.9. The van der Waals surface area contributed by atoms with Gasteiger partial charge in [0, 0.05) is 45.2 Å². The minimum Gasteiger partial charge on any atom is -0.380 e. The predicted molar refractivity (Wildman–Crippen MR) is 67.6 cm³/mol. The molecule has 0 aromatic heterocycles. The Bertz CT molecular complexity index is 150. The maximum Gasteiger partial charge on any atom is 0.0593 e. The number of nitrogens with zero attached hydrogens (tertiary/aromatic N) is 2. The number of hydrogen-bond donors (Lipinski definition) is 1. The molecule has 0 atom stereocenters. The smallest absolute Gasteiger partial charge is 0.0593 e. The summed E-state index contributed by atoms with van der Waals surface area (Å²) in [5.41, 5.74) is 0. The van der Waals surface area contributed by atoms with Gasteiger partial charge in [-0.15, -0.1) is 0 Å². The molecule has 1 aliphatic heterocycles. The standard InChI is InChI=1S/C11H24N2OS/c1-2-3-9-14-10-8-12-4-6-13(11-15)7-5-12/h15H,2-11H2,1H3. The van der Waals surface area contributed by atoms with Gasteiger partial charge < -0.3 is 4.74 Å². The Morgan fingerprint density at radius 1 is 1.07 bits per heavy atom. The molecule has 1 heterocycles. The summed E-state index contributed by atoms with van der Waals surface area (Å²) in [4.78, 5) is 4.85. The number of rotatable bonds is 7. The van der Waals surface area contributed by atoms with Crippen molar-refractivity contribution < 1.29 is 4.74 Å². The Morgan fingerprint density at radius 3 is 2.33 bits per heavy atom. The summed E-state index contributed by atoms with van der Waals surface area (Å²) in [6.07, 6.45) is 2.41. The number of unbranched alkanes of at least 4 members (excludes halogenated alkanes) is 1. The third kappa shape index (κ3) is 5.76. The molecule has 0 N–H and O–H groups in total. The molecular formula is C11H24N2OS. The fraction of sp³-hybridized carbons (Fsp3) is 1.00. The van der Waals surface area contributed by atoms with Gasteiger partial charge in [0.05, 0.1) is 6.61 Å². The molecule has 0 amide bonds. The van der Waals surface area contributed by atoms with Crippen LogP contribution in [0.15, 0.2) is 0 Å². The fourth-order valence-corrected chi connectivity index (χ4v) is 1.98. The van der Waals surface area contributed by atoms with E-state index in [2.05, 4.69) is 29.4 Å². The quantitative estimate of drug-likeness (QED) is 0.526. The SMILES string of the molecule is CCCCOCCN1CCN(CS)CC1. The molecule has 1 fully saturated rings. The van der Waals surface area contributed by atoms with Gasteiger partial charge in [0.15, 0.2) is 0 Å². The summed E-state index contributed by atoms with van der Waals surface area (Å²) < 4.78 is 5.56. The van der Waals surface area contributed by atoms with Crippen molar-refractivity contribution in [1.29, 1.82) is 0 Å². The summed E-state index contributed by atoms with van der Waals surface area (Å²) in [5.74, 6) is 0.890. The molecule has 15 heavy (non-hydrogen) atoms. The third-order valence-electron chi connectivity index (χ3n) is 2.86. The van der Waals surface area contributed by atoms with Crippen LogP contribution in [0.25, 0.3) is 0 Å². The van der Waals surface area contributed by atoms with E-state index in [1.54, 1.807) is 0 Å². The van der Waals surface area contributed by atoms with Gasteiger partial charge in [0.25, 0.3) is 0 Å². The summed E-state index contributed by atoms with van der Waals surface area (Å²) >= 11 is 4.28. The largest absolute Gasteiger partial charge is 0.380 e. The van der Waals surface area contributed by atoms with Crippen LogP contribution in [-0.2, 0) is 4.74 Å². The second-order valence-corrected chi connectivity index (χ2v) is 4.35. The van der Waals surface area contributed by atoms with Gasteiger partial charge in [-0.05, 0) is 6.42 Å². The van der Waals surface area contributed by atoms with Crippen LogP contribution < -0.4 is 0 Å². The van der Waals surface area contributed by atoms with Gasteiger partial charge in [0.2, 0.25) is 0 Å². The van der Waals surface area contributed by atoms with E-state index >= 15 is 0 Å². The van der Waals surface area contributed by atoms with Crippen molar-refractivity contribution in [2.75, 3.05) is 51.8 Å². The lowest BCUT2D eigenvalue weighted by Crippen LogP contribution is -2.46. The van der Waals surface area contributed by atoms with Crippen LogP contribution in [0, 0.1) is 0 Å². The van der Waals surface area contributed by atoms with Crippen molar-refractivity contribution in [1.82, 2.24) is 9.80 Å². The molecule has 0 bridgehead atoms. The molecule has 1 aliphatic rings. The molecule has 0 radical (unpaired) electrons. The van der Waals surface area contributed by atoms with Crippen molar-refractivity contribution in [2.45, 2.75) is 19.8 Å². The highest BCUT2D eigenvalue weighted by Gasteiger charge is 2.14. The van der Waals surface area contributed by atoms with Crippen molar-refractivity contribution in [2.24, 2.45) is 0 Å². The van der Waals surface area contributed by atoms with E-state index in [0.717, 1.165) is 51.8 Å². The normalized spacial score (nSPS) is 19.6. The second-order valence-electron chi connectivity index (χ2n) is 4.07. The first-order valence-corrected chi connectivity index (χ1v) is 6.63. The van der Waals surface area contributed by atoms with Gasteiger partial charge in [-0.2, -0.15) is 12.6 Å². The second kappa shape index (κ2) is 8.39. The Kier molecular flexibility index (Phi) is 7.44. The maximum atomic E-state index is 5.56. The molecular weight excluding hydrogens is 208 g/mol. The lowest BCUT2D eigenvalue weighted by atomic mass is 10.3. The van der Waals surface area contributed by atoms with E-state index in [1.165, 1.54) is 12.8 Å². The number of piperazine rings is 1. The number of hydrogen-bond acceptors (Lipinski definition) is 4. The average Bonchev–Trinajstić information content (AvgIpc) is 2.30. The molecule has 3 nitrogen and oxygen atoms in total. The zero-order valence-corrected chi connectivity index (χ0v) is 10.7. The van der Waals surface area contributed by atoms with Crippen LogP contribution in [-0.4, -0.2) is 61.6 Å². The summed E-state index contributed by atoms with van der Waals surface area (Å²) in [6, 6.07) is 0. The van der Waals surface area contributed by atoms with Gasteiger partial charge in [0.1, 0.15) is 0 Å². The Balaban J connectivity index is 1.94. The van der Waals surface area contributed by atoms with E-state index in [9.17, 15) is 0 Å². The summed E-state index contributed by atoms with van der Waals surface area (Å²) in [6.45, 7) is 9.73. The lowest BCUT2D eigenvalue weighted by molar-refractivity contribution is 0.0794. The maximum absolute atomic E-state index is 5.56. The van der Waals surface area contributed by atoms with E-state index in [4.69, 9.17) is 4.74 Å². The fourth-order valence-electron chi connectivity index (χ4n) is 1.70. The van der Waals surface area contributed by atoms with Crippen molar-refractivity contribution in [3.8, 4) is 0 Å². The first kappa shape index (κ1) is 13.3. The molecule has 1 rings (SSSR count). The van der Waals surface area contributed by atoms with Crippen molar-refractivity contribution in [3.05, 3.63) is 0 Å². The lowest BCUT2D eigenvalue weighted by Gasteiger charge is -2.33. The van der Waals surface area contributed by atoms with Crippen LogP contribution in [0.1, 0.15) is 19.8 Å². The Morgan fingerprint density at radius 2 is 1.73 bits per heavy atom. The van der Waals surface area contributed by atoms with Crippen LogP contribution in [0.2, 0.25) is 0 Å². The molecule has 90 valence electrons. The molecule has 0 aliphatic carbocycles. The average molecular weight is 232 g/mol. The zero-order valence-electron chi connectivity index (χ0n) is 9.82. The van der Waals surface area contributed by atoms with Crippen LogP contribution in [0.4, 0.5) is 0 Å². The van der Waals surface area contributed by atoms with E-state index < -0.39 is 0 Å². The van der Waals surface area contributed by atoms with Crippen LogP contribution >= 0.6 is 12.6 Å². The number of ether oxygens (including phenoxy) is 1. The molecule has 4 heteroatoms. The van der Waals surface area contributed by atoms with Crippen molar-refractivity contribution >= 4 is 12.6 Å². The van der Waals surface area contributed by atoms with Crippen LogP contribution in [0.5, 0.6) is 0 Å². The highest BCUT2D eigenvalue weighted by molar-refractivity contribution is 7.80. The minimum atomic E-state index is 0.890. The topological polar surface area (TPSA) is 15.7 Å². The number of thiol groups is 1.